The minimum atomic E-state index is 0.642. The fourth-order valence-electron chi connectivity index (χ4n) is 7.98. The lowest BCUT2D eigenvalue weighted by Crippen LogP contribution is -2.00. The highest BCUT2D eigenvalue weighted by atomic mass is 32.1. The number of benzene rings is 9. The zero-order valence-corrected chi connectivity index (χ0v) is 30.5. The molecule has 0 radical (unpaired) electrons. The summed E-state index contributed by atoms with van der Waals surface area (Å²) < 4.78 is 2.42. The summed E-state index contributed by atoms with van der Waals surface area (Å²) >= 11 is 1.79. The van der Waals surface area contributed by atoms with Gasteiger partial charge in [-0.25, -0.2) is 15.0 Å². The van der Waals surface area contributed by atoms with Crippen LogP contribution >= 0.6 is 11.3 Å². The number of nitrogens with zero attached hydrogens (tertiary/aromatic N) is 3. The lowest BCUT2D eigenvalue weighted by Gasteiger charge is -2.13. The number of thiophene rings is 1. The van der Waals surface area contributed by atoms with E-state index in [2.05, 4.69) is 188 Å². The molecular weight excluding hydrogens is 687 g/mol. The van der Waals surface area contributed by atoms with Gasteiger partial charge in [-0.1, -0.05) is 158 Å². The fraction of sp³-hybridized carbons (Fsp3) is 0. The highest BCUT2D eigenvalue weighted by molar-refractivity contribution is 7.26. The Morgan fingerprint density at radius 3 is 1.75 bits per heavy atom. The van der Waals surface area contributed by atoms with Gasteiger partial charge in [0.2, 0.25) is 0 Å². The number of rotatable bonds is 5. The Hall–Kier alpha value is -7.01. The quantitative estimate of drug-likeness (QED) is 0.166. The summed E-state index contributed by atoms with van der Waals surface area (Å²) in [5.41, 5.74) is 7.52. The minimum absolute atomic E-state index is 0.642. The molecule has 0 N–H and O–H groups in total. The van der Waals surface area contributed by atoms with Crippen molar-refractivity contribution in [2.75, 3.05) is 0 Å². The van der Waals surface area contributed by atoms with Crippen molar-refractivity contribution in [1.82, 2.24) is 15.0 Å². The van der Waals surface area contributed by atoms with Crippen LogP contribution in [0.1, 0.15) is 0 Å². The lowest BCUT2D eigenvalue weighted by molar-refractivity contribution is 1.08. The largest absolute Gasteiger partial charge is 0.208 e. The second-order valence-corrected chi connectivity index (χ2v) is 15.0. The molecule has 0 aliphatic carbocycles. The van der Waals surface area contributed by atoms with Gasteiger partial charge in [-0.2, -0.15) is 0 Å². The molecule has 55 heavy (non-hydrogen) atoms. The van der Waals surface area contributed by atoms with Crippen molar-refractivity contribution in [1.29, 1.82) is 0 Å². The van der Waals surface area contributed by atoms with Gasteiger partial charge in [-0.15, -0.1) is 11.3 Å². The summed E-state index contributed by atoms with van der Waals surface area (Å²) in [6, 6.07) is 67.0. The van der Waals surface area contributed by atoms with E-state index < -0.39 is 0 Å². The smallest absolute Gasteiger partial charge is 0.165 e. The molecule has 0 saturated heterocycles. The van der Waals surface area contributed by atoms with Gasteiger partial charge in [0.05, 0.1) is 0 Å². The van der Waals surface area contributed by atoms with Crippen molar-refractivity contribution in [2.24, 2.45) is 0 Å². The first kappa shape index (κ1) is 31.5. The lowest BCUT2D eigenvalue weighted by atomic mass is 9.92. The molecule has 0 aliphatic rings. The Morgan fingerprint density at radius 2 is 0.891 bits per heavy atom. The summed E-state index contributed by atoms with van der Waals surface area (Å²) in [6.45, 7) is 0. The van der Waals surface area contributed by atoms with Gasteiger partial charge in [-0.3, -0.25) is 0 Å². The van der Waals surface area contributed by atoms with E-state index in [1.807, 2.05) is 0 Å². The van der Waals surface area contributed by atoms with Crippen LogP contribution in [0.2, 0.25) is 0 Å². The monoisotopic (exact) mass is 717 g/mol. The van der Waals surface area contributed by atoms with Crippen LogP contribution in [0.4, 0.5) is 0 Å². The van der Waals surface area contributed by atoms with Gasteiger partial charge in [0.15, 0.2) is 17.5 Å². The van der Waals surface area contributed by atoms with Gasteiger partial charge < -0.3 is 0 Å². The first-order chi connectivity index (χ1) is 27.2. The third-order valence-corrected chi connectivity index (χ3v) is 11.9. The van der Waals surface area contributed by atoms with E-state index in [0.29, 0.717) is 17.5 Å². The number of fused-ring (bicyclic) bond motifs is 7. The fourth-order valence-corrected chi connectivity index (χ4v) is 9.19. The van der Waals surface area contributed by atoms with Crippen LogP contribution < -0.4 is 0 Å². The molecule has 9 aromatic carbocycles. The van der Waals surface area contributed by atoms with Crippen LogP contribution in [0.5, 0.6) is 0 Å². The summed E-state index contributed by atoms with van der Waals surface area (Å²) in [4.78, 5) is 15.6. The normalized spacial score (nSPS) is 11.6. The molecule has 256 valence electrons. The molecule has 0 saturated carbocycles. The third-order valence-electron chi connectivity index (χ3n) is 10.7. The van der Waals surface area contributed by atoms with Crippen molar-refractivity contribution < 1.29 is 0 Å². The van der Waals surface area contributed by atoms with Crippen LogP contribution in [0, 0.1) is 0 Å². The zero-order valence-electron chi connectivity index (χ0n) is 29.6. The molecule has 0 aliphatic heterocycles. The van der Waals surface area contributed by atoms with Crippen molar-refractivity contribution in [3.63, 3.8) is 0 Å². The predicted octanol–water partition coefficient (Wildman–Crippen LogP) is 14.0. The van der Waals surface area contributed by atoms with E-state index >= 15 is 0 Å². The van der Waals surface area contributed by atoms with E-state index in [0.717, 1.165) is 27.8 Å². The molecule has 11 aromatic rings. The van der Waals surface area contributed by atoms with Crippen molar-refractivity contribution >= 4 is 63.8 Å². The van der Waals surface area contributed by atoms with E-state index in [4.69, 9.17) is 15.0 Å². The van der Waals surface area contributed by atoms with Crippen LogP contribution in [-0.4, -0.2) is 15.0 Å². The molecule has 0 spiro atoms. The first-order valence-corrected chi connectivity index (χ1v) is 19.3. The number of hydrogen-bond donors (Lipinski definition) is 0. The van der Waals surface area contributed by atoms with E-state index in [1.165, 1.54) is 63.6 Å². The number of hydrogen-bond acceptors (Lipinski definition) is 4. The molecule has 0 fully saturated rings. The molecule has 0 unspecified atom stereocenters. The minimum Gasteiger partial charge on any atom is -0.208 e. The Labute approximate surface area is 321 Å². The van der Waals surface area contributed by atoms with Gasteiger partial charge in [0.25, 0.3) is 0 Å². The highest BCUT2D eigenvalue weighted by Crippen LogP contribution is 2.40. The Kier molecular flexibility index (Phi) is 7.35. The SMILES string of the molecule is c1cc(-c2nc(-c3ccc(-c4ccc5ccccc5c4)cc3)nc(-c3cccc4c3sc3ccccc34)n2)cc(-c2cc3ccccc3c3ccccc23)c1. The summed E-state index contributed by atoms with van der Waals surface area (Å²) in [6.07, 6.45) is 0. The maximum absolute atomic E-state index is 5.25. The molecular formula is C51H31N3S. The topological polar surface area (TPSA) is 38.7 Å². The van der Waals surface area contributed by atoms with Crippen LogP contribution in [-0.2, 0) is 0 Å². The third kappa shape index (κ3) is 5.46. The number of aromatic nitrogens is 3. The van der Waals surface area contributed by atoms with E-state index in [-0.39, 0.29) is 0 Å². The molecule has 2 aromatic heterocycles. The van der Waals surface area contributed by atoms with Crippen molar-refractivity contribution in [3.8, 4) is 56.4 Å². The zero-order chi connectivity index (χ0) is 36.3. The molecule has 4 heteroatoms. The predicted molar refractivity (Wildman–Crippen MR) is 232 cm³/mol. The Morgan fingerprint density at radius 1 is 0.291 bits per heavy atom. The summed E-state index contributed by atoms with van der Waals surface area (Å²) in [5, 5.41) is 9.86. The molecule has 0 amide bonds. The van der Waals surface area contributed by atoms with Crippen molar-refractivity contribution in [3.05, 3.63) is 188 Å². The Balaban J connectivity index is 1.08. The average Bonchev–Trinajstić information content (AvgIpc) is 3.65. The van der Waals surface area contributed by atoms with Gasteiger partial charge in [0, 0.05) is 36.9 Å². The molecule has 2 heterocycles. The van der Waals surface area contributed by atoms with Crippen LogP contribution in [0.25, 0.3) is 109 Å². The van der Waals surface area contributed by atoms with Gasteiger partial charge in [-0.05, 0) is 84.9 Å². The first-order valence-electron chi connectivity index (χ1n) is 18.5. The second-order valence-electron chi connectivity index (χ2n) is 14.0. The summed E-state index contributed by atoms with van der Waals surface area (Å²) in [7, 11) is 0. The average molecular weight is 718 g/mol. The van der Waals surface area contributed by atoms with E-state index in [1.54, 1.807) is 11.3 Å². The standard InChI is InChI=1S/C51H31N3S/c1-2-12-35-29-36(28-25-32(35)11-1)33-23-26-34(27-24-33)49-52-50(54-51(53-49)45-21-10-20-44-43-19-7-8-22-47(43)55-48(44)45)39-15-9-14-37(30-39)46-31-38-13-3-4-16-40(38)41-17-5-6-18-42(41)46/h1-31H. The second kappa shape index (κ2) is 12.8. The maximum atomic E-state index is 5.25. The molecule has 11 rings (SSSR count). The van der Waals surface area contributed by atoms with Gasteiger partial charge in [0.1, 0.15) is 0 Å². The maximum Gasteiger partial charge on any atom is 0.165 e. The van der Waals surface area contributed by atoms with Crippen molar-refractivity contribution in [2.45, 2.75) is 0 Å². The van der Waals surface area contributed by atoms with Crippen LogP contribution in [0.3, 0.4) is 0 Å². The van der Waals surface area contributed by atoms with Gasteiger partial charge >= 0.3 is 0 Å². The highest BCUT2D eigenvalue weighted by Gasteiger charge is 2.18. The Bertz CT molecular complexity index is 3270. The molecule has 0 bridgehead atoms. The van der Waals surface area contributed by atoms with E-state index in [9.17, 15) is 0 Å². The molecule has 3 nitrogen and oxygen atoms in total. The molecule has 0 atom stereocenters. The van der Waals surface area contributed by atoms with Crippen LogP contribution in [0.15, 0.2) is 188 Å². The summed E-state index contributed by atoms with van der Waals surface area (Å²) in [5.74, 6) is 1.95.